The number of benzene rings is 1. The summed E-state index contributed by atoms with van der Waals surface area (Å²) in [4.78, 5) is 0. The third kappa shape index (κ3) is 5.30. The highest BCUT2D eigenvalue weighted by Crippen LogP contribution is 2.10. The summed E-state index contributed by atoms with van der Waals surface area (Å²) in [6, 6.07) is 9.86. The van der Waals surface area contributed by atoms with Crippen molar-refractivity contribution in [2.24, 2.45) is 0 Å². The van der Waals surface area contributed by atoms with E-state index in [0.29, 0.717) is 12.6 Å². The van der Waals surface area contributed by atoms with Crippen molar-refractivity contribution in [1.29, 1.82) is 0 Å². The fourth-order valence-electron chi connectivity index (χ4n) is 2.07. The number of aliphatic hydroxyl groups is 1. The highest BCUT2D eigenvalue weighted by molar-refractivity contribution is 7.85. The first-order valence-corrected chi connectivity index (χ1v) is 8.17. The molecule has 0 radical (unpaired) electrons. The Labute approximate surface area is 116 Å². The van der Waals surface area contributed by atoms with Crippen LogP contribution in [0.25, 0.3) is 0 Å². The van der Waals surface area contributed by atoms with Gasteiger partial charge in [0.1, 0.15) is 18.5 Å². The minimum Gasteiger partial charge on any atom is -0.491 e. The number of hydrogen-bond acceptors (Lipinski definition) is 4. The average Bonchev–Trinajstić information content (AvgIpc) is 2.45. The minimum atomic E-state index is -0.631. The lowest BCUT2D eigenvalue weighted by Gasteiger charge is -2.24. The maximum absolute atomic E-state index is 11.2. The summed E-state index contributed by atoms with van der Waals surface area (Å²) >= 11 is 0. The first-order valence-electron chi connectivity index (χ1n) is 6.68. The van der Waals surface area contributed by atoms with E-state index < -0.39 is 16.9 Å². The molecule has 1 fully saturated rings. The molecular weight excluding hydrogens is 262 g/mol. The summed E-state index contributed by atoms with van der Waals surface area (Å²) in [7, 11) is -0.631. The third-order valence-corrected chi connectivity index (χ3v) is 4.60. The van der Waals surface area contributed by atoms with Crippen molar-refractivity contribution in [2.45, 2.75) is 25.0 Å². The van der Waals surface area contributed by atoms with Gasteiger partial charge < -0.3 is 15.2 Å². The largest absolute Gasteiger partial charge is 0.491 e. The lowest BCUT2D eigenvalue weighted by Crippen LogP contribution is -2.41. The molecule has 1 aliphatic rings. The van der Waals surface area contributed by atoms with Crippen molar-refractivity contribution in [3.8, 4) is 5.75 Å². The number of ether oxygens (including phenoxy) is 1. The van der Waals surface area contributed by atoms with E-state index in [1.807, 2.05) is 30.3 Å². The van der Waals surface area contributed by atoms with Crippen LogP contribution in [0.5, 0.6) is 5.75 Å². The second-order valence-corrected chi connectivity index (χ2v) is 6.50. The quantitative estimate of drug-likeness (QED) is 0.815. The van der Waals surface area contributed by atoms with Crippen LogP contribution in [0.15, 0.2) is 30.3 Å². The van der Waals surface area contributed by atoms with E-state index >= 15 is 0 Å². The van der Waals surface area contributed by atoms with Gasteiger partial charge in [0.15, 0.2) is 0 Å². The number of nitrogens with one attached hydrogen (secondary N) is 1. The van der Waals surface area contributed by atoms with Gasteiger partial charge >= 0.3 is 0 Å². The lowest BCUT2D eigenvalue weighted by molar-refractivity contribution is 0.103. The van der Waals surface area contributed by atoms with Gasteiger partial charge in [-0.05, 0) is 25.0 Å². The smallest absolute Gasteiger partial charge is 0.119 e. The normalized spacial score (nSPS) is 24.9. The number of rotatable bonds is 6. The van der Waals surface area contributed by atoms with Crippen molar-refractivity contribution < 1.29 is 14.1 Å². The maximum Gasteiger partial charge on any atom is 0.119 e. The van der Waals surface area contributed by atoms with E-state index in [4.69, 9.17) is 4.74 Å². The summed E-state index contributed by atoms with van der Waals surface area (Å²) in [6.07, 6.45) is 1.34. The molecule has 1 aromatic carbocycles. The van der Waals surface area contributed by atoms with Crippen LogP contribution in [0.3, 0.4) is 0 Å². The monoisotopic (exact) mass is 283 g/mol. The van der Waals surface area contributed by atoms with Gasteiger partial charge in [0.25, 0.3) is 0 Å². The van der Waals surface area contributed by atoms with Crippen LogP contribution >= 0.6 is 0 Å². The molecule has 1 aromatic rings. The van der Waals surface area contributed by atoms with Crippen LogP contribution in [0.2, 0.25) is 0 Å². The van der Waals surface area contributed by atoms with Crippen molar-refractivity contribution >= 4 is 10.8 Å². The van der Waals surface area contributed by atoms with Gasteiger partial charge in [-0.1, -0.05) is 18.2 Å². The molecule has 1 atom stereocenters. The molecule has 0 aromatic heterocycles. The van der Waals surface area contributed by atoms with Gasteiger partial charge in [-0.2, -0.15) is 0 Å². The van der Waals surface area contributed by atoms with E-state index in [2.05, 4.69) is 5.32 Å². The van der Waals surface area contributed by atoms with Gasteiger partial charge in [-0.3, -0.25) is 4.21 Å². The zero-order valence-electron chi connectivity index (χ0n) is 11.0. The van der Waals surface area contributed by atoms with E-state index in [-0.39, 0.29) is 6.61 Å². The maximum atomic E-state index is 11.2. The Morgan fingerprint density at radius 2 is 2.00 bits per heavy atom. The molecule has 0 aliphatic carbocycles. The minimum absolute atomic E-state index is 0.287. The number of aliphatic hydroxyl groups excluding tert-OH is 1. The average molecular weight is 283 g/mol. The molecule has 0 saturated carbocycles. The molecule has 5 heteroatoms. The van der Waals surface area contributed by atoms with Gasteiger partial charge in [-0.15, -0.1) is 0 Å². The molecule has 0 amide bonds. The summed E-state index contributed by atoms with van der Waals surface area (Å²) in [5.41, 5.74) is 0. The Kier molecular flexibility index (Phi) is 5.82. The van der Waals surface area contributed by atoms with Gasteiger partial charge in [0.05, 0.1) is 0 Å². The van der Waals surface area contributed by atoms with Gasteiger partial charge in [0, 0.05) is 34.9 Å². The van der Waals surface area contributed by atoms with Crippen LogP contribution in [-0.2, 0) is 10.8 Å². The molecule has 0 bridgehead atoms. The van der Waals surface area contributed by atoms with E-state index in [1.165, 1.54) is 0 Å². The van der Waals surface area contributed by atoms with Gasteiger partial charge in [-0.25, -0.2) is 0 Å². The Morgan fingerprint density at radius 3 is 2.68 bits per heavy atom. The van der Waals surface area contributed by atoms with Crippen LogP contribution < -0.4 is 10.1 Å². The van der Waals surface area contributed by atoms with Crippen molar-refractivity contribution in [3.63, 3.8) is 0 Å². The molecule has 1 saturated heterocycles. The summed E-state index contributed by atoms with van der Waals surface area (Å²) in [6.45, 7) is 0.805. The molecule has 19 heavy (non-hydrogen) atoms. The molecule has 1 heterocycles. The molecule has 2 N–H and O–H groups in total. The van der Waals surface area contributed by atoms with Crippen LogP contribution in [0.4, 0.5) is 0 Å². The molecule has 0 spiro atoms. The molecule has 2 rings (SSSR count). The lowest BCUT2D eigenvalue weighted by atomic mass is 10.1. The Balaban J connectivity index is 1.62. The van der Waals surface area contributed by atoms with E-state index in [1.54, 1.807) is 0 Å². The predicted molar refractivity (Wildman–Crippen MR) is 76.8 cm³/mol. The highest BCUT2D eigenvalue weighted by Gasteiger charge is 2.18. The fraction of sp³-hybridized carbons (Fsp3) is 0.571. The van der Waals surface area contributed by atoms with Crippen LogP contribution in [-0.4, -0.2) is 46.1 Å². The molecule has 4 nitrogen and oxygen atoms in total. The molecule has 106 valence electrons. The summed E-state index contributed by atoms with van der Waals surface area (Å²) in [5, 5.41) is 13.2. The first-order chi connectivity index (χ1) is 9.24. The first kappa shape index (κ1) is 14.5. The van der Waals surface area contributed by atoms with E-state index in [0.717, 1.165) is 30.1 Å². The molecule has 1 unspecified atom stereocenters. The molecule has 1 aliphatic heterocycles. The van der Waals surface area contributed by atoms with Crippen LogP contribution in [0.1, 0.15) is 12.8 Å². The number of para-hydroxylation sites is 1. The Bertz CT molecular complexity index is 389. The predicted octanol–water partition coefficient (Wildman–Crippen LogP) is 0.927. The second-order valence-electron chi connectivity index (χ2n) is 4.81. The molecular formula is C14H21NO3S. The van der Waals surface area contributed by atoms with Crippen molar-refractivity contribution in [2.75, 3.05) is 24.7 Å². The Morgan fingerprint density at radius 1 is 1.32 bits per heavy atom. The second kappa shape index (κ2) is 7.62. The topological polar surface area (TPSA) is 58.6 Å². The summed E-state index contributed by atoms with van der Waals surface area (Å²) < 4.78 is 16.7. The third-order valence-electron chi connectivity index (χ3n) is 3.22. The zero-order chi connectivity index (χ0) is 13.5. The van der Waals surface area contributed by atoms with Crippen molar-refractivity contribution in [3.05, 3.63) is 30.3 Å². The fourth-order valence-corrected chi connectivity index (χ4v) is 3.37. The number of hydrogen-bond donors (Lipinski definition) is 2. The van der Waals surface area contributed by atoms with E-state index in [9.17, 15) is 9.32 Å². The van der Waals surface area contributed by atoms with Crippen LogP contribution in [0, 0.1) is 0 Å². The standard InChI is InChI=1S/C14H21NO3S/c16-13(11-18-14-4-2-1-3-5-14)10-15-12-6-8-19(17)9-7-12/h1-5,12-13,15-16H,6-11H2. The zero-order valence-corrected chi connectivity index (χ0v) is 11.8. The van der Waals surface area contributed by atoms with Crippen molar-refractivity contribution in [1.82, 2.24) is 5.32 Å². The highest BCUT2D eigenvalue weighted by atomic mass is 32.2. The Hall–Kier alpha value is -0.910. The SMILES string of the molecule is O=S1CCC(NCC(O)COc2ccccc2)CC1. The van der Waals surface area contributed by atoms with Gasteiger partial charge in [0.2, 0.25) is 0 Å². The summed E-state index contributed by atoms with van der Waals surface area (Å²) in [5.74, 6) is 2.32.